The molecule has 0 aliphatic heterocycles. The van der Waals surface area contributed by atoms with Crippen LogP contribution in [0.5, 0.6) is 5.75 Å². The van der Waals surface area contributed by atoms with Crippen molar-refractivity contribution in [3.63, 3.8) is 0 Å². The molecule has 0 aliphatic rings. The lowest BCUT2D eigenvalue weighted by Crippen LogP contribution is -2.32. The minimum absolute atomic E-state index is 0.125. The molecule has 0 unspecified atom stereocenters. The first-order valence-electron chi connectivity index (χ1n) is 6.35. The molecule has 96 valence electrons. The van der Waals surface area contributed by atoms with Gasteiger partial charge in [-0.05, 0) is 38.8 Å². The van der Waals surface area contributed by atoms with Crippen LogP contribution in [0.25, 0.3) is 0 Å². The molecule has 3 heteroatoms. The van der Waals surface area contributed by atoms with Crippen LogP contribution in [0.1, 0.15) is 40.5 Å². The van der Waals surface area contributed by atoms with Gasteiger partial charge in [0.1, 0.15) is 5.75 Å². The van der Waals surface area contributed by atoms with Crippen LogP contribution >= 0.6 is 0 Å². The number of nitrogens with one attached hydrogen (secondary N) is 1. The van der Waals surface area contributed by atoms with Crippen molar-refractivity contribution >= 4 is 11.4 Å². The van der Waals surface area contributed by atoms with E-state index in [4.69, 9.17) is 10.5 Å². The summed E-state index contributed by atoms with van der Waals surface area (Å²) in [7, 11) is 0. The van der Waals surface area contributed by atoms with Gasteiger partial charge in [-0.3, -0.25) is 0 Å². The molecule has 17 heavy (non-hydrogen) atoms. The Morgan fingerprint density at radius 2 is 1.88 bits per heavy atom. The predicted octanol–water partition coefficient (Wildman–Crippen LogP) is 3.66. The van der Waals surface area contributed by atoms with E-state index in [0.29, 0.717) is 12.3 Å². The Hall–Kier alpha value is -1.38. The molecule has 1 aromatic carbocycles. The lowest BCUT2D eigenvalue weighted by Gasteiger charge is -2.29. The Morgan fingerprint density at radius 3 is 2.41 bits per heavy atom. The van der Waals surface area contributed by atoms with E-state index in [2.05, 4.69) is 26.1 Å². The summed E-state index contributed by atoms with van der Waals surface area (Å²) in [4.78, 5) is 0. The number of anilines is 2. The highest BCUT2D eigenvalue weighted by molar-refractivity contribution is 5.62. The van der Waals surface area contributed by atoms with Gasteiger partial charge in [0.05, 0.1) is 12.3 Å². The third kappa shape index (κ3) is 3.55. The smallest absolute Gasteiger partial charge is 0.144 e. The molecule has 0 aliphatic carbocycles. The molecule has 0 heterocycles. The van der Waals surface area contributed by atoms with Gasteiger partial charge >= 0.3 is 0 Å². The van der Waals surface area contributed by atoms with Crippen LogP contribution in [-0.2, 0) is 0 Å². The minimum Gasteiger partial charge on any atom is -0.492 e. The van der Waals surface area contributed by atoms with Crippen LogP contribution in [-0.4, -0.2) is 12.1 Å². The van der Waals surface area contributed by atoms with Gasteiger partial charge < -0.3 is 15.8 Å². The zero-order chi connectivity index (χ0) is 12.9. The van der Waals surface area contributed by atoms with E-state index in [1.807, 2.05) is 25.1 Å². The van der Waals surface area contributed by atoms with Crippen LogP contribution < -0.4 is 15.8 Å². The van der Waals surface area contributed by atoms with E-state index in [1.54, 1.807) is 0 Å². The Kier molecular flexibility index (Phi) is 4.67. The Morgan fingerprint density at radius 1 is 1.24 bits per heavy atom. The van der Waals surface area contributed by atoms with E-state index in [9.17, 15) is 0 Å². The van der Waals surface area contributed by atoms with Gasteiger partial charge in [0.15, 0.2) is 0 Å². The van der Waals surface area contributed by atoms with Gasteiger partial charge in [-0.15, -0.1) is 0 Å². The fourth-order valence-electron chi connectivity index (χ4n) is 1.67. The molecule has 0 radical (unpaired) electrons. The maximum Gasteiger partial charge on any atom is 0.144 e. The molecule has 0 fully saturated rings. The lowest BCUT2D eigenvalue weighted by atomic mass is 9.95. The SMILES string of the molecule is CCOc1cc(NC(C)(CC)CC)ccc1N. The molecule has 3 N–H and O–H groups in total. The summed E-state index contributed by atoms with van der Waals surface area (Å²) in [5, 5.41) is 3.55. The van der Waals surface area contributed by atoms with E-state index >= 15 is 0 Å². The molecule has 0 spiro atoms. The number of hydrogen-bond acceptors (Lipinski definition) is 3. The van der Waals surface area contributed by atoms with Crippen molar-refractivity contribution in [3.05, 3.63) is 18.2 Å². The first kappa shape index (κ1) is 13.7. The predicted molar refractivity (Wildman–Crippen MR) is 74.6 cm³/mol. The van der Waals surface area contributed by atoms with Crippen LogP contribution in [0.2, 0.25) is 0 Å². The molecule has 0 bridgehead atoms. The van der Waals surface area contributed by atoms with Crippen LogP contribution in [0.3, 0.4) is 0 Å². The van der Waals surface area contributed by atoms with Gasteiger partial charge in [0.25, 0.3) is 0 Å². The largest absolute Gasteiger partial charge is 0.492 e. The summed E-state index contributed by atoms with van der Waals surface area (Å²) in [6, 6.07) is 5.86. The average molecular weight is 236 g/mol. The van der Waals surface area contributed by atoms with Crippen molar-refractivity contribution in [2.24, 2.45) is 0 Å². The Balaban J connectivity index is 2.88. The van der Waals surface area contributed by atoms with Crippen molar-refractivity contribution in [2.45, 2.75) is 46.1 Å². The highest BCUT2D eigenvalue weighted by Crippen LogP contribution is 2.28. The first-order chi connectivity index (χ1) is 8.04. The van der Waals surface area contributed by atoms with E-state index in [0.717, 1.165) is 24.3 Å². The number of hydrogen-bond donors (Lipinski definition) is 2. The molecule has 3 nitrogen and oxygen atoms in total. The molecule has 0 aromatic heterocycles. The highest BCUT2D eigenvalue weighted by Gasteiger charge is 2.19. The number of ether oxygens (including phenoxy) is 1. The fourth-order valence-corrected chi connectivity index (χ4v) is 1.67. The second-order valence-electron chi connectivity index (χ2n) is 4.58. The molecule has 1 rings (SSSR count). The van der Waals surface area contributed by atoms with Crippen LogP contribution in [0.15, 0.2) is 18.2 Å². The zero-order valence-electron chi connectivity index (χ0n) is 11.3. The quantitative estimate of drug-likeness (QED) is 0.741. The van der Waals surface area contributed by atoms with Crippen LogP contribution in [0, 0.1) is 0 Å². The van der Waals surface area contributed by atoms with Gasteiger partial charge in [-0.1, -0.05) is 13.8 Å². The molecule has 0 amide bonds. The molecule has 0 saturated carbocycles. The van der Waals surface area contributed by atoms with Crippen LogP contribution in [0.4, 0.5) is 11.4 Å². The normalized spacial score (nSPS) is 11.3. The molecular formula is C14H24N2O. The third-order valence-electron chi connectivity index (χ3n) is 3.32. The van der Waals surface area contributed by atoms with E-state index < -0.39 is 0 Å². The summed E-state index contributed by atoms with van der Waals surface area (Å²) in [6.07, 6.45) is 2.16. The van der Waals surface area contributed by atoms with E-state index in [-0.39, 0.29) is 5.54 Å². The minimum atomic E-state index is 0.125. The van der Waals surface area contributed by atoms with E-state index in [1.165, 1.54) is 0 Å². The summed E-state index contributed by atoms with van der Waals surface area (Å²) >= 11 is 0. The van der Waals surface area contributed by atoms with Crippen molar-refractivity contribution in [1.29, 1.82) is 0 Å². The van der Waals surface area contributed by atoms with Crippen molar-refractivity contribution < 1.29 is 4.74 Å². The maximum atomic E-state index is 5.85. The fraction of sp³-hybridized carbons (Fsp3) is 0.571. The Bertz CT molecular complexity index is 359. The number of rotatable bonds is 6. The average Bonchev–Trinajstić information content (AvgIpc) is 2.33. The number of nitrogens with two attached hydrogens (primary N) is 1. The van der Waals surface area contributed by atoms with Gasteiger partial charge in [0, 0.05) is 17.3 Å². The second kappa shape index (κ2) is 5.80. The topological polar surface area (TPSA) is 47.3 Å². The monoisotopic (exact) mass is 236 g/mol. The summed E-state index contributed by atoms with van der Waals surface area (Å²) in [6.45, 7) is 9.20. The van der Waals surface area contributed by atoms with Crippen molar-refractivity contribution in [2.75, 3.05) is 17.7 Å². The number of benzene rings is 1. The maximum absolute atomic E-state index is 5.85. The van der Waals surface area contributed by atoms with Gasteiger partial charge in [-0.25, -0.2) is 0 Å². The summed E-state index contributed by atoms with van der Waals surface area (Å²) < 4.78 is 5.49. The second-order valence-corrected chi connectivity index (χ2v) is 4.58. The molecular weight excluding hydrogens is 212 g/mol. The number of nitrogen functional groups attached to an aromatic ring is 1. The third-order valence-corrected chi connectivity index (χ3v) is 3.32. The Labute approximate surface area is 104 Å². The molecule has 1 aromatic rings. The highest BCUT2D eigenvalue weighted by atomic mass is 16.5. The van der Waals surface area contributed by atoms with Gasteiger partial charge in [0.2, 0.25) is 0 Å². The zero-order valence-corrected chi connectivity index (χ0v) is 11.3. The molecule has 0 saturated heterocycles. The van der Waals surface area contributed by atoms with Gasteiger partial charge in [-0.2, -0.15) is 0 Å². The van der Waals surface area contributed by atoms with Crippen molar-refractivity contribution in [1.82, 2.24) is 0 Å². The summed E-state index contributed by atoms with van der Waals surface area (Å²) in [5.74, 6) is 0.757. The standard InChI is InChI=1S/C14H24N2O/c1-5-14(4,6-2)16-11-8-9-12(15)13(10-11)17-7-3/h8-10,16H,5-7,15H2,1-4H3. The first-order valence-corrected chi connectivity index (χ1v) is 6.35. The lowest BCUT2D eigenvalue weighted by molar-refractivity contribution is 0.342. The van der Waals surface area contributed by atoms with Crippen molar-refractivity contribution in [3.8, 4) is 5.75 Å². The summed E-state index contributed by atoms with van der Waals surface area (Å²) in [5.41, 5.74) is 7.73. The molecule has 0 atom stereocenters.